The number of nitrogens with zero attached hydrogens (tertiary/aromatic N) is 9. The molecule has 242 valence electrons. The quantitative estimate of drug-likeness (QED) is 0.221. The van der Waals surface area contributed by atoms with E-state index in [9.17, 15) is 24.3 Å². The molecule has 0 unspecified atom stereocenters. The molecule has 5 heterocycles. The molecule has 4 aromatic rings. The summed E-state index contributed by atoms with van der Waals surface area (Å²) in [5.41, 5.74) is 1.19. The lowest BCUT2D eigenvalue weighted by atomic mass is 9.93. The number of nitrogens with one attached hydrogen (secondary N) is 2. The minimum absolute atomic E-state index is 0.0264. The number of thiazole rings is 1. The summed E-state index contributed by atoms with van der Waals surface area (Å²) in [5.74, 6) is -0.857. The highest BCUT2D eigenvalue weighted by molar-refractivity contribution is 7.14. The van der Waals surface area contributed by atoms with Crippen molar-refractivity contribution in [2.75, 3.05) is 63.6 Å². The van der Waals surface area contributed by atoms with Crippen LogP contribution in [0.25, 0.3) is 17.8 Å². The van der Waals surface area contributed by atoms with Crippen LogP contribution in [0.3, 0.4) is 0 Å². The van der Waals surface area contributed by atoms with E-state index in [4.69, 9.17) is 4.98 Å². The number of anilines is 2. The number of likely N-dealkylation sites (N-methyl/N-ethyl adjacent to an activating group) is 1. The van der Waals surface area contributed by atoms with Crippen LogP contribution in [0.1, 0.15) is 48.2 Å². The fraction of sp³-hybridized carbons (Fsp3) is 0.414. The van der Waals surface area contributed by atoms with Crippen molar-refractivity contribution in [3.8, 4) is 0 Å². The first-order valence-electron chi connectivity index (χ1n) is 14.5. The first-order valence-corrected chi connectivity index (χ1v) is 15.4. The van der Waals surface area contributed by atoms with E-state index < -0.39 is 5.97 Å². The molecule has 17 heteroatoms. The van der Waals surface area contributed by atoms with Crippen molar-refractivity contribution in [1.82, 2.24) is 39.9 Å². The van der Waals surface area contributed by atoms with E-state index in [0.717, 1.165) is 5.69 Å². The molecule has 0 atom stereocenters. The second-order valence-electron chi connectivity index (χ2n) is 12.7. The number of aromatic amines is 1. The highest BCUT2D eigenvalue weighted by Crippen LogP contribution is 2.27. The fourth-order valence-corrected chi connectivity index (χ4v) is 5.90. The summed E-state index contributed by atoms with van der Waals surface area (Å²) in [5, 5.41) is 28.1. The number of carboxylic acid groups (broad SMARTS) is 1. The molecule has 5 rings (SSSR count). The summed E-state index contributed by atoms with van der Waals surface area (Å²) >= 11 is 1.34. The summed E-state index contributed by atoms with van der Waals surface area (Å²) < 4.78 is 1.39. The Bertz CT molecular complexity index is 1850. The summed E-state index contributed by atoms with van der Waals surface area (Å²) in [6.45, 7) is 7.48. The van der Waals surface area contributed by atoms with Crippen LogP contribution >= 0.6 is 11.3 Å². The molecule has 1 aliphatic rings. The first-order chi connectivity index (χ1) is 21.7. The molecule has 46 heavy (non-hydrogen) atoms. The average Bonchev–Trinajstić information content (AvgIpc) is 3.68. The number of hydrogen-bond acceptors (Lipinski definition) is 11. The van der Waals surface area contributed by atoms with Crippen LogP contribution in [-0.2, 0) is 15.0 Å². The molecule has 3 N–H and O–H groups in total. The molecule has 0 aromatic carbocycles. The van der Waals surface area contributed by atoms with Crippen molar-refractivity contribution in [1.29, 1.82) is 0 Å². The molecule has 1 saturated heterocycles. The van der Waals surface area contributed by atoms with Crippen molar-refractivity contribution in [3.05, 3.63) is 56.7 Å². The van der Waals surface area contributed by atoms with Crippen LogP contribution in [0.15, 0.2) is 28.5 Å². The number of amides is 2. The van der Waals surface area contributed by atoms with Gasteiger partial charge in [0.25, 0.3) is 17.4 Å². The second-order valence-corrected chi connectivity index (χ2v) is 13.5. The van der Waals surface area contributed by atoms with Gasteiger partial charge >= 0.3 is 5.97 Å². The van der Waals surface area contributed by atoms with E-state index in [0.29, 0.717) is 42.7 Å². The lowest BCUT2D eigenvalue weighted by molar-refractivity contribution is -0.875. The molecule has 16 nitrogen and oxygen atoms in total. The minimum Gasteiger partial charge on any atom is -0.477 e. The molecule has 1 fully saturated rings. The molecule has 0 bridgehead atoms. The Morgan fingerprint density at radius 3 is 2.48 bits per heavy atom. The van der Waals surface area contributed by atoms with E-state index in [1.807, 2.05) is 31.1 Å². The second kappa shape index (κ2) is 12.8. The van der Waals surface area contributed by atoms with Crippen LogP contribution in [0.2, 0.25) is 0 Å². The Hall–Kier alpha value is -5.03. The fourth-order valence-electron chi connectivity index (χ4n) is 4.97. The molecule has 0 radical (unpaired) electrons. The Balaban J connectivity index is 1.42. The van der Waals surface area contributed by atoms with Gasteiger partial charge in [-0.2, -0.15) is 5.21 Å². The van der Waals surface area contributed by atoms with E-state index in [1.165, 1.54) is 21.9 Å². The Morgan fingerprint density at radius 1 is 1.11 bits per heavy atom. The van der Waals surface area contributed by atoms with Crippen molar-refractivity contribution in [3.63, 3.8) is 0 Å². The Morgan fingerprint density at radius 2 is 1.85 bits per heavy atom. The summed E-state index contributed by atoms with van der Waals surface area (Å²) in [4.78, 5) is 64.1. The lowest BCUT2D eigenvalue weighted by Gasteiger charge is -2.37. The van der Waals surface area contributed by atoms with E-state index in [-0.39, 0.29) is 57.4 Å². The summed E-state index contributed by atoms with van der Waals surface area (Å²) in [6.07, 6.45) is 4.62. The number of hydrogen-bond donors (Lipinski definition) is 3. The molecule has 4 aromatic heterocycles. The normalized spacial score (nSPS) is 14.3. The number of piperazine rings is 1. The number of fused-ring (bicyclic) bond motifs is 1. The van der Waals surface area contributed by atoms with Crippen LogP contribution in [0, 0.1) is 0 Å². The zero-order valence-corrected chi connectivity index (χ0v) is 27.0. The predicted octanol–water partition coefficient (Wildman–Crippen LogP) is 1.19. The third kappa shape index (κ3) is 7.43. The molecule has 1 aliphatic heterocycles. The van der Waals surface area contributed by atoms with Crippen molar-refractivity contribution >= 4 is 57.9 Å². The maximum Gasteiger partial charge on any atom is 0.359 e. The zero-order valence-electron chi connectivity index (χ0n) is 26.2. The number of aliphatic carboxylic acids is 1. The molecular formula is C29H36N11O5S+. The van der Waals surface area contributed by atoms with Gasteiger partial charge in [0.1, 0.15) is 11.5 Å². The highest BCUT2D eigenvalue weighted by Gasteiger charge is 2.30. The van der Waals surface area contributed by atoms with Crippen LogP contribution in [0.5, 0.6) is 0 Å². The first kappa shape index (κ1) is 32.4. The van der Waals surface area contributed by atoms with Crippen LogP contribution < -0.4 is 15.8 Å². The number of rotatable bonds is 9. The van der Waals surface area contributed by atoms with Gasteiger partial charge in [-0.3, -0.25) is 24.1 Å². The third-order valence-electron chi connectivity index (χ3n) is 7.42. The standard InChI is InChI=1S/C29H35N11O5S/c1-29(2,3)20-17-46-28(30-20)32-26(44)18-8-9-39-22(14-18)31-25(19(27(39)45)6-7-21-33-35-36-34-21)38-12-10-37(11-13-38)23(41)15-40(4,5)16-24(42)43/h6-9,14,17H,10-13,15-16H2,1-5H3,(H2-,30,32,33,34,35,36,42,43,44)/p+1. The van der Waals surface area contributed by atoms with Gasteiger partial charge in [-0.05, 0) is 29.5 Å². The number of tetrazole rings is 1. The number of carbonyl (C=O) groups excluding carboxylic acids is 2. The third-order valence-corrected chi connectivity index (χ3v) is 8.18. The maximum absolute atomic E-state index is 13.8. The van der Waals surface area contributed by atoms with Crippen molar-refractivity contribution in [2.24, 2.45) is 0 Å². The van der Waals surface area contributed by atoms with Gasteiger partial charge in [0.15, 0.2) is 24.0 Å². The predicted molar refractivity (Wildman–Crippen MR) is 172 cm³/mol. The maximum atomic E-state index is 13.8. The molecular weight excluding hydrogens is 614 g/mol. The Kier molecular flexibility index (Phi) is 8.98. The van der Waals surface area contributed by atoms with Crippen molar-refractivity contribution in [2.45, 2.75) is 26.2 Å². The molecule has 2 amide bonds. The minimum atomic E-state index is -0.976. The van der Waals surface area contributed by atoms with Gasteiger partial charge in [0, 0.05) is 48.7 Å². The topological polar surface area (TPSA) is 192 Å². The van der Waals surface area contributed by atoms with Gasteiger partial charge in [-0.25, -0.2) is 14.8 Å². The van der Waals surface area contributed by atoms with Crippen LogP contribution in [0.4, 0.5) is 10.9 Å². The Labute approximate surface area is 268 Å². The summed E-state index contributed by atoms with van der Waals surface area (Å²) in [7, 11) is 3.40. The lowest BCUT2D eigenvalue weighted by Crippen LogP contribution is -2.55. The number of quaternary nitrogens is 1. The highest BCUT2D eigenvalue weighted by atomic mass is 32.1. The number of H-pyrrole nitrogens is 1. The summed E-state index contributed by atoms with van der Waals surface area (Å²) in [6, 6.07) is 3.10. The number of aromatic nitrogens is 7. The number of carboxylic acids is 1. The largest absolute Gasteiger partial charge is 0.477 e. The number of carbonyl (C=O) groups is 3. The van der Waals surface area contributed by atoms with Gasteiger partial charge in [0.05, 0.1) is 25.4 Å². The smallest absolute Gasteiger partial charge is 0.359 e. The van der Waals surface area contributed by atoms with Gasteiger partial charge in [-0.1, -0.05) is 20.8 Å². The van der Waals surface area contributed by atoms with Gasteiger partial charge in [0.2, 0.25) is 0 Å². The van der Waals surface area contributed by atoms with Crippen LogP contribution in [-0.4, -0.2) is 121 Å². The van der Waals surface area contributed by atoms with Gasteiger partial charge < -0.3 is 19.4 Å². The monoisotopic (exact) mass is 650 g/mol. The average molecular weight is 651 g/mol. The number of pyridine rings is 1. The van der Waals surface area contributed by atoms with Gasteiger partial charge in [-0.15, -0.1) is 21.5 Å². The molecule has 0 spiro atoms. The van der Waals surface area contributed by atoms with E-state index >= 15 is 0 Å². The van der Waals surface area contributed by atoms with E-state index in [2.05, 4.69) is 30.9 Å². The van der Waals surface area contributed by atoms with Crippen molar-refractivity contribution < 1.29 is 24.0 Å². The van der Waals surface area contributed by atoms with E-state index in [1.54, 1.807) is 43.3 Å². The molecule has 0 saturated carbocycles. The molecule has 0 aliphatic carbocycles. The zero-order chi connectivity index (χ0) is 33.2. The SMILES string of the molecule is CC(C)(C)c1csc(NC(=O)c2ccn3c(=O)c(C=Cc4nn[nH]n4)c(N4CCN(C(=O)C[N+](C)(C)CC(=O)O)CC4)nc3c2)n1.